The maximum absolute atomic E-state index is 11.9. The van der Waals surface area contributed by atoms with Crippen LogP contribution >= 0.6 is 24.2 Å². The zero-order valence-electron chi connectivity index (χ0n) is 10.4. The van der Waals surface area contributed by atoms with Crippen molar-refractivity contribution in [3.8, 4) is 0 Å². The molecule has 3 nitrogen and oxygen atoms in total. The van der Waals surface area contributed by atoms with Crippen molar-refractivity contribution in [1.82, 2.24) is 5.32 Å². The van der Waals surface area contributed by atoms with Crippen LogP contribution in [-0.4, -0.2) is 23.0 Å². The number of nitrogens with two attached hydrogens (primary N) is 1. The Morgan fingerprint density at radius 1 is 1.44 bits per heavy atom. The van der Waals surface area contributed by atoms with Crippen LogP contribution in [0.15, 0.2) is 24.3 Å². The van der Waals surface area contributed by atoms with Gasteiger partial charge in [0.25, 0.3) is 5.91 Å². The van der Waals surface area contributed by atoms with E-state index in [1.54, 1.807) is 24.3 Å². The largest absolute Gasteiger partial charge is 0.399 e. The maximum atomic E-state index is 11.9. The molecule has 1 aliphatic heterocycles. The molecule has 0 aromatic heterocycles. The Balaban J connectivity index is 0.00000162. The van der Waals surface area contributed by atoms with E-state index in [2.05, 4.69) is 12.2 Å². The second kappa shape index (κ2) is 6.34. The number of hydrogen-bond acceptors (Lipinski definition) is 3. The Morgan fingerprint density at radius 2 is 2.11 bits per heavy atom. The van der Waals surface area contributed by atoms with Crippen molar-refractivity contribution in [3.05, 3.63) is 29.8 Å². The molecule has 18 heavy (non-hydrogen) atoms. The Kier molecular flexibility index (Phi) is 5.35. The lowest BCUT2D eigenvalue weighted by atomic mass is 10.1. The molecule has 100 valence electrons. The Bertz CT molecular complexity index is 402. The first-order valence-electron chi connectivity index (χ1n) is 5.87. The molecule has 1 unspecified atom stereocenters. The van der Waals surface area contributed by atoms with Crippen molar-refractivity contribution >= 4 is 35.8 Å². The first-order chi connectivity index (χ1) is 8.09. The van der Waals surface area contributed by atoms with E-state index in [9.17, 15) is 4.79 Å². The zero-order valence-corrected chi connectivity index (χ0v) is 12.1. The minimum atomic E-state index is -0.0151. The van der Waals surface area contributed by atoms with Crippen molar-refractivity contribution in [1.29, 1.82) is 0 Å². The number of anilines is 1. The highest BCUT2D eigenvalue weighted by molar-refractivity contribution is 8.00. The van der Waals surface area contributed by atoms with Crippen LogP contribution in [-0.2, 0) is 0 Å². The summed E-state index contributed by atoms with van der Waals surface area (Å²) >= 11 is 1.95. The summed E-state index contributed by atoms with van der Waals surface area (Å²) in [6.45, 7) is 2.95. The highest BCUT2D eigenvalue weighted by atomic mass is 35.5. The average molecular weight is 287 g/mol. The number of nitrogen functional groups attached to an aromatic ring is 1. The van der Waals surface area contributed by atoms with Gasteiger partial charge >= 0.3 is 0 Å². The summed E-state index contributed by atoms with van der Waals surface area (Å²) in [5.74, 6) is 1.19. The summed E-state index contributed by atoms with van der Waals surface area (Å²) in [6, 6.07) is 7.02. The molecule has 2 rings (SSSR count). The highest BCUT2D eigenvalue weighted by Gasteiger charge is 2.29. The summed E-state index contributed by atoms with van der Waals surface area (Å²) < 4.78 is 0.212. The van der Waals surface area contributed by atoms with E-state index in [4.69, 9.17) is 5.73 Å². The number of carbonyl (C=O) groups is 1. The molecular formula is C13H19ClN2OS. The summed E-state index contributed by atoms with van der Waals surface area (Å²) in [4.78, 5) is 11.9. The zero-order chi connectivity index (χ0) is 12.3. The van der Waals surface area contributed by atoms with Gasteiger partial charge in [-0.1, -0.05) is 0 Å². The molecular weight excluding hydrogens is 268 g/mol. The molecule has 1 aromatic rings. The van der Waals surface area contributed by atoms with Gasteiger partial charge in [-0.15, -0.1) is 12.4 Å². The van der Waals surface area contributed by atoms with Gasteiger partial charge in [-0.2, -0.15) is 11.8 Å². The molecule has 0 bridgehead atoms. The molecule has 1 heterocycles. The van der Waals surface area contributed by atoms with Crippen LogP contribution in [0, 0.1) is 0 Å². The summed E-state index contributed by atoms with van der Waals surface area (Å²) in [5, 5.41) is 3.00. The lowest BCUT2D eigenvalue weighted by molar-refractivity contribution is 0.0950. The third kappa shape index (κ3) is 3.82. The SMILES string of the molecule is CC1(CNC(=O)c2ccc(N)cc2)CCCS1.Cl. The van der Waals surface area contributed by atoms with E-state index in [-0.39, 0.29) is 23.1 Å². The molecule has 1 aliphatic rings. The molecule has 3 N–H and O–H groups in total. The van der Waals surface area contributed by atoms with E-state index >= 15 is 0 Å². The monoisotopic (exact) mass is 286 g/mol. The van der Waals surface area contributed by atoms with E-state index in [1.807, 2.05) is 11.8 Å². The fourth-order valence-corrected chi connectivity index (χ4v) is 3.22. The minimum Gasteiger partial charge on any atom is -0.399 e. The van der Waals surface area contributed by atoms with Crippen molar-refractivity contribution < 1.29 is 4.79 Å². The van der Waals surface area contributed by atoms with Crippen LogP contribution in [0.1, 0.15) is 30.1 Å². The lowest BCUT2D eigenvalue weighted by Crippen LogP contribution is -2.36. The maximum Gasteiger partial charge on any atom is 0.251 e. The van der Waals surface area contributed by atoms with Crippen molar-refractivity contribution in [2.24, 2.45) is 0 Å². The molecule has 1 saturated heterocycles. The predicted molar refractivity (Wildman–Crippen MR) is 80.5 cm³/mol. The van der Waals surface area contributed by atoms with Crippen LogP contribution in [0.25, 0.3) is 0 Å². The molecule has 0 spiro atoms. The molecule has 1 amide bonds. The average Bonchev–Trinajstić information content (AvgIpc) is 2.75. The second-order valence-electron chi connectivity index (χ2n) is 4.71. The number of rotatable bonds is 3. The van der Waals surface area contributed by atoms with Gasteiger partial charge in [0.15, 0.2) is 0 Å². The molecule has 0 aliphatic carbocycles. The van der Waals surface area contributed by atoms with Gasteiger partial charge in [0.1, 0.15) is 0 Å². The quantitative estimate of drug-likeness (QED) is 0.840. The Hall–Kier alpha value is -0.870. The second-order valence-corrected chi connectivity index (χ2v) is 6.39. The summed E-state index contributed by atoms with van der Waals surface area (Å²) in [6.07, 6.45) is 2.43. The van der Waals surface area contributed by atoms with E-state index in [0.717, 1.165) is 6.54 Å². The predicted octanol–water partition coefficient (Wildman–Crippen LogP) is 2.71. The number of carbonyl (C=O) groups excluding carboxylic acids is 1. The smallest absolute Gasteiger partial charge is 0.251 e. The Morgan fingerprint density at radius 3 is 2.67 bits per heavy atom. The topological polar surface area (TPSA) is 55.1 Å². The van der Waals surface area contributed by atoms with Crippen molar-refractivity contribution in [3.63, 3.8) is 0 Å². The first kappa shape index (κ1) is 15.2. The standard InChI is InChI=1S/C13H18N2OS.ClH/c1-13(7-2-8-17-13)9-15-12(16)10-3-5-11(14)6-4-10;/h3-6H,2,7-9,14H2,1H3,(H,15,16);1H. The van der Waals surface area contributed by atoms with Gasteiger partial charge in [-0.05, 0) is 49.8 Å². The molecule has 5 heteroatoms. The molecule has 1 fully saturated rings. The molecule has 1 atom stereocenters. The van der Waals surface area contributed by atoms with Gasteiger partial charge in [-0.25, -0.2) is 0 Å². The molecule has 1 aromatic carbocycles. The van der Waals surface area contributed by atoms with Crippen LogP contribution in [0.4, 0.5) is 5.69 Å². The number of thioether (sulfide) groups is 1. The number of amides is 1. The lowest BCUT2D eigenvalue weighted by Gasteiger charge is -2.22. The summed E-state index contributed by atoms with van der Waals surface area (Å²) in [5.41, 5.74) is 6.94. The van der Waals surface area contributed by atoms with Crippen molar-refractivity contribution in [2.75, 3.05) is 18.0 Å². The van der Waals surface area contributed by atoms with Crippen LogP contribution in [0.3, 0.4) is 0 Å². The third-order valence-corrected chi connectivity index (χ3v) is 4.63. The van der Waals surface area contributed by atoms with Crippen LogP contribution < -0.4 is 11.1 Å². The number of halogens is 1. The fraction of sp³-hybridized carbons (Fsp3) is 0.462. The summed E-state index contributed by atoms with van der Waals surface area (Å²) in [7, 11) is 0. The number of nitrogens with one attached hydrogen (secondary N) is 1. The van der Waals surface area contributed by atoms with Gasteiger partial charge < -0.3 is 11.1 Å². The van der Waals surface area contributed by atoms with Gasteiger partial charge in [0.2, 0.25) is 0 Å². The van der Waals surface area contributed by atoms with E-state index < -0.39 is 0 Å². The number of benzene rings is 1. The molecule has 0 saturated carbocycles. The third-order valence-electron chi connectivity index (χ3n) is 3.10. The van der Waals surface area contributed by atoms with Gasteiger partial charge in [0, 0.05) is 22.5 Å². The van der Waals surface area contributed by atoms with Gasteiger partial charge in [-0.3, -0.25) is 4.79 Å². The van der Waals surface area contributed by atoms with Crippen LogP contribution in [0.2, 0.25) is 0 Å². The number of hydrogen-bond donors (Lipinski definition) is 2. The Labute approximate surface area is 118 Å². The first-order valence-corrected chi connectivity index (χ1v) is 6.85. The van der Waals surface area contributed by atoms with E-state index in [1.165, 1.54) is 18.6 Å². The highest BCUT2D eigenvalue weighted by Crippen LogP contribution is 2.36. The fourth-order valence-electron chi connectivity index (χ4n) is 1.98. The molecule has 0 radical (unpaired) electrons. The minimum absolute atomic E-state index is 0. The van der Waals surface area contributed by atoms with Crippen LogP contribution in [0.5, 0.6) is 0 Å². The van der Waals surface area contributed by atoms with Gasteiger partial charge in [0.05, 0.1) is 0 Å². The van der Waals surface area contributed by atoms with Crippen molar-refractivity contribution in [2.45, 2.75) is 24.5 Å². The normalized spacial score (nSPS) is 22.3. The van der Waals surface area contributed by atoms with E-state index in [0.29, 0.717) is 11.3 Å².